The zero-order valence-electron chi connectivity index (χ0n) is 12.5. The second kappa shape index (κ2) is 5.89. The highest BCUT2D eigenvalue weighted by Crippen LogP contribution is 2.70. The van der Waals surface area contributed by atoms with E-state index in [1.165, 1.54) is 0 Å². The quantitative estimate of drug-likeness (QED) is 0.728. The van der Waals surface area contributed by atoms with Crippen molar-refractivity contribution in [1.29, 1.82) is 0 Å². The molecule has 0 saturated heterocycles. The van der Waals surface area contributed by atoms with E-state index in [9.17, 15) is 4.79 Å². The summed E-state index contributed by atoms with van der Waals surface area (Å²) in [5.74, 6) is 0.298. The number of halogens is 3. The Morgan fingerprint density at radius 2 is 1.77 bits per heavy atom. The van der Waals surface area contributed by atoms with E-state index in [0.29, 0.717) is 17.4 Å². The molecule has 1 amide bonds. The molecule has 0 radical (unpaired) electrons. The fraction of sp³-hybridized carbons (Fsp3) is 0.588. The molecule has 120 valence electrons. The third-order valence-electron chi connectivity index (χ3n) is 5.20. The normalized spacial score (nSPS) is 28.4. The lowest BCUT2D eigenvalue weighted by Crippen LogP contribution is -2.40. The van der Waals surface area contributed by atoms with Crippen molar-refractivity contribution in [2.75, 3.05) is 0 Å². The van der Waals surface area contributed by atoms with Crippen LogP contribution in [-0.2, 0) is 4.79 Å². The number of carbonyl (C=O) groups is 1. The van der Waals surface area contributed by atoms with Gasteiger partial charge >= 0.3 is 0 Å². The highest BCUT2D eigenvalue weighted by atomic mass is 35.5. The number of hydrogen-bond acceptors (Lipinski definition) is 1. The topological polar surface area (TPSA) is 29.1 Å². The molecular formula is C17H20Cl3NO. The molecule has 0 aromatic heterocycles. The lowest BCUT2D eigenvalue weighted by atomic mass is 9.86. The fourth-order valence-electron chi connectivity index (χ4n) is 3.76. The predicted molar refractivity (Wildman–Crippen MR) is 91.5 cm³/mol. The first kappa shape index (κ1) is 16.4. The van der Waals surface area contributed by atoms with Crippen molar-refractivity contribution in [1.82, 2.24) is 5.32 Å². The maximum Gasteiger partial charge on any atom is 0.230 e. The summed E-state index contributed by atoms with van der Waals surface area (Å²) >= 11 is 18.7. The maximum atomic E-state index is 12.9. The van der Waals surface area contributed by atoms with E-state index < -0.39 is 9.75 Å². The van der Waals surface area contributed by atoms with Gasteiger partial charge in [0.05, 0.1) is 11.5 Å². The standard InChI is InChI=1S/C17H20Cl3NO/c1-11(12-6-8-14(18)9-7-12)21-15(22)16(10-17(16,19)20)13-4-2-3-5-13/h6-9,11,13H,2-5,10H2,1H3,(H,21,22). The summed E-state index contributed by atoms with van der Waals surface area (Å²) in [5.41, 5.74) is 0.419. The van der Waals surface area contributed by atoms with Crippen LogP contribution in [0.2, 0.25) is 5.02 Å². The van der Waals surface area contributed by atoms with E-state index in [-0.39, 0.29) is 11.9 Å². The monoisotopic (exact) mass is 359 g/mol. The van der Waals surface area contributed by atoms with Crippen LogP contribution in [0, 0.1) is 11.3 Å². The summed E-state index contributed by atoms with van der Waals surface area (Å²) in [6.45, 7) is 1.97. The first-order chi connectivity index (χ1) is 10.4. The molecule has 0 bridgehead atoms. The molecule has 2 fully saturated rings. The molecule has 2 aliphatic rings. The first-order valence-electron chi connectivity index (χ1n) is 7.81. The zero-order chi connectivity index (χ0) is 16.0. The fourth-order valence-corrected chi connectivity index (χ4v) is 4.79. The summed E-state index contributed by atoms with van der Waals surface area (Å²) in [7, 11) is 0. The highest BCUT2D eigenvalue weighted by Gasteiger charge is 2.74. The average molecular weight is 361 g/mol. The number of nitrogens with one attached hydrogen (secondary N) is 1. The third kappa shape index (κ3) is 2.74. The van der Waals surface area contributed by atoms with Gasteiger partial charge in [-0.25, -0.2) is 0 Å². The van der Waals surface area contributed by atoms with Crippen LogP contribution in [0.5, 0.6) is 0 Å². The Kier molecular flexibility index (Phi) is 4.39. The molecule has 0 spiro atoms. The van der Waals surface area contributed by atoms with Gasteiger partial charge in [-0.05, 0) is 49.8 Å². The molecule has 3 rings (SSSR count). The number of alkyl halides is 2. The molecule has 1 N–H and O–H groups in total. The average Bonchev–Trinajstić information content (AvgIpc) is 2.85. The van der Waals surface area contributed by atoms with E-state index in [1.807, 2.05) is 31.2 Å². The highest BCUT2D eigenvalue weighted by molar-refractivity contribution is 6.53. The third-order valence-corrected chi connectivity index (χ3v) is 6.40. The van der Waals surface area contributed by atoms with Crippen molar-refractivity contribution >= 4 is 40.7 Å². The number of hydrogen-bond donors (Lipinski definition) is 1. The minimum atomic E-state index is -0.911. The number of amides is 1. The predicted octanol–water partition coefficient (Wildman–Crippen LogP) is 5.27. The Labute approximate surface area is 146 Å². The molecular weight excluding hydrogens is 341 g/mol. The molecule has 2 saturated carbocycles. The van der Waals surface area contributed by atoms with E-state index in [0.717, 1.165) is 31.2 Å². The Hall–Kier alpha value is -0.440. The Morgan fingerprint density at radius 1 is 1.23 bits per heavy atom. The lowest BCUT2D eigenvalue weighted by Gasteiger charge is -2.26. The van der Waals surface area contributed by atoms with Gasteiger partial charge in [-0.3, -0.25) is 4.79 Å². The van der Waals surface area contributed by atoms with Gasteiger partial charge in [0, 0.05) is 5.02 Å². The van der Waals surface area contributed by atoms with Crippen molar-refractivity contribution in [3.63, 3.8) is 0 Å². The van der Waals surface area contributed by atoms with Gasteiger partial charge in [-0.1, -0.05) is 36.6 Å². The van der Waals surface area contributed by atoms with Crippen LogP contribution in [0.4, 0.5) is 0 Å². The van der Waals surface area contributed by atoms with Gasteiger partial charge < -0.3 is 5.32 Å². The van der Waals surface area contributed by atoms with Crippen molar-refractivity contribution in [2.24, 2.45) is 11.3 Å². The van der Waals surface area contributed by atoms with E-state index >= 15 is 0 Å². The molecule has 5 heteroatoms. The molecule has 0 heterocycles. The van der Waals surface area contributed by atoms with Gasteiger partial charge in [0.2, 0.25) is 5.91 Å². The molecule has 0 aliphatic heterocycles. The van der Waals surface area contributed by atoms with Crippen molar-refractivity contribution in [2.45, 2.75) is 49.4 Å². The van der Waals surface area contributed by atoms with Gasteiger partial charge in [0.15, 0.2) is 0 Å². The van der Waals surface area contributed by atoms with E-state index in [2.05, 4.69) is 5.32 Å². The van der Waals surface area contributed by atoms with Crippen LogP contribution < -0.4 is 5.32 Å². The lowest BCUT2D eigenvalue weighted by molar-refractivity contribution is -0.129. The number of rotatable bonds is 4. The molecule has 2 nitrogen and oxygen atoms in total. The van der Waals surface area contributed by atoms with Crippen LogP contribution in [0.25, 0.3) is 0 Å². The molecule has 1 aromatic rings. The van der Waals surface area contributed by atoms with E-state index in [1.54, 1.807) is 0 Å². The molecule has 2 aliphatic carbocycles. The summed E-state index contributed by atoms with van der Waals surface area (Å²) < 4.78 is -0.911. The zero-order valence-corrected chi connectivity index (χ0v) is 14.8. The van der Waals surface area contributed by atoms with Crippen LogP contribution >= 0.6 is 34.8 Å². The van der Waals surface area contributed by atoms with Crippen LogP contribution in [-0.4, -0.2) is 10.2 Å². The molecule has 2 atom stereocenters. The number of benzene rings is 1. The Morgan fingerprint density at radius 3 is 2.27 bits per heavy atom. The molecule has 2 unspecified atom stereocenters. The Balaban J connectivity index is 1.74. The van der Waals surface area contributed by atoms with Crippen LogP contribution in [0.3, 0.4) is 0 Å². The van der Waals surface area contributed by atoms with Crippen molar-refractivity contribution in [3.05, 3.63) is 34.9 Å². The summed E-state index contributed by atoms with van der Waals surface area (Å²) in [6.07, 6.45) is 4.98. The van der Waals surface area contributed by atoms with Gasteiger partial charge in [0.1, 0.15) is 4.33 Å². The second-order valence-corrected chi connectivity index (χ2v) is 8.50. The largest absolute Gasteiger partial charge is 0.349 e. The molecule has 1 aromatic carbocycles. The van der Waals surface area contributed by atoms with Crippen molar-refractivity contribution in [3.8, 4) is 0 Å². The summed E-state index contributed by atoms with van der Waals surface area (Å²) in [6, 6.07) is 7.43. The SMILES string of the molecule is CC(NC(=O)C1(C2CCCC2)CC1(Cl)Cl)c1ccc(Cl)cc1. The summed E-state index contributed by atoms with van der Waals surface area (Å²) in [5, 5.41) is 3.79. The van der Waals surface area contributed by atoms with E-state index in [4.69, 9.17) is 34.8 Å². The first-order valence-corrected chi connectivity index (χ1v) is 8.94. The Bertz CT molecular complexity index is 566. The van der Waals surface area contributed by atoms with Gasteiger partial charge in [-0.2, -0.15) is 0 Å². The minimum Gasteiger partial charge on any atom is -0.349 e. The van der Waals surface area contributed by atoms with Gasteiger partial charge in [0.25, 0.3) is 0 Å². The second-order valence-electron chi connectivity index (χ2n) is 6.58. The van der Waals surface area contributed by atoms with Crippen LogP contribution in [0.1, 0.15) is 50.6 Å². The maximum absolute atomic E-state index is 12.9. The minimum absolute atomic E-state index is 0.00755. The summed E-state index contributed by atoms with van der Waals surface area (Å²) in [4.78, 5) is 12.9. The smallest absolute Gasteiger partial charge is 0.230 e. The molecule has 22 heavy (non-hydrogen) atoms. The van der Waals surface area contributed by atoms with Gasteiger partial charge in [-0.15, -0.1) is 23.2 Å². The van der Waals surface area contributed by atoms with Crippen molar-refractivity contribution < 1.29 is 4.79 Å². The van der Waals surface area contributed by atoms with Crippen LogP contribution in [0.15, 0.2) is 24.3 Å². The number of carbonyl (C=O) groups excluding carboxylic acids is 1.